The second-order valence-electron chi connectivity index (χ2n) is 4.88. The van der Waals surface area contributed by atoms with Crippen LogP contribution in [0.25, 0.3) is 10.8 Å². The van der Waals surface area contributed by atoms with Crippen LogP contribution in [0.1, 0.15) is 5.69 Å². The van der Waals surface area contributed by atoms with Gasteiger partial charge < -0.3 is 15.1 Å². The molecule has 3 aromatic rings. The maximum absolute atomic E-state index is 13.5. The van der Waals surface area contributed by atoms with Crippen LogP contribution in [0.15, 0.2) is 46.4 Å². The van der Waals surface area contributed by atoms with Crippen molar-refractivity contribution in [3.8, 4) is 10.8 Å². The third kappa shape index (κ3) is 4.07. The van der Waals surface area contributed by atoms with E-state index in [1.807, 2.05) is 17.5 Å². The standard InChI is InChI=1S/C16H11F2N3O3S/c17-9-3-4-12(11(18)6-9)21-15(23)14(22)19-7-10-8-24-16(20-10)13-2-1-5-25-13/h1-6,8H,7H2,(H,19,22)(H,21,23). The summed E-state index contributed by atoms with van der Waals surface area (Å²) in [6.45, 7) is -0.0347. The van der Waals surface area contributed by atoms with Crippen LogP contribution in [0.3, 0.4) is 0 Å². The average Bonchev–Trinajstić information content (AvgIpc) is 3.26. The first-order chi connectivity index (χ1) is 12.0. The van der Waals surface area contributed by atoms with Gasteiger partial charge in [-0.3, -0.25) is 9.59 Å². The Labute approximate surface area is 144 Å². The number of anilines is 1. The van der Waals surface area contributed by atoms with E-state index in [-0.39, 0.29) is 12.2 Å². The molecule has 128 valence electrons. The van der Waals surface area contributed by atoms with E-state index in [1.165, 1.54) is 17.6 Å². The van der Waals surface area contributed by atoms with Gasteiger partial charge in [-0.15, -0.1) is 11.3 Å². The van der Waals surface area contributed by atoms with E-state index in [4.69, 9.17) is 4.42 Å². The minimum atomic E-state index is -1.08. The van der Waals surface area contributed by atoms with E-state index < -0.39 is 23.4 Å². The van der Waals surface area contributed by atoms with E-state index >= 15 is 0 Å². The van der Waals surface area contributed by atoms with Crippen molar-refractivity contribution in [2.75, 3.05) is 5.32 Å². The zero-order chi connectivity index (χ0) is 17.8. The van der Waals surface area contributed by atoms with Gasteiger partial charge in [0.25, 0.3) is 0 Å². The molecule has 0 radical (unpaired) electrons. The molecule has 0 fully saturated rings. The van der Waals surface area contributed by atoms with Gasteiger partial charge in [-0.05, 0) is 23.6 Å². The number of nitrogens with one attached hydrogen (secondary N) is 2. The molecule has 2 aromatic heterocycles. The third-order valence-electron chi connectivity index (χ3n) is 3.10. The van der Waals surface area contributed by atoms with E-state index in [1.54, 1.807) is 0 Å². The Morgan fingerprint density at radius 3 is 2.76 bits per heavy atom. The quantitative estimate of drug-likeness (QED) is 0.698. The predicted molar refractivity (Wildman–Crippen MR) is 86.7 cm³/mol. The van der Waals surface area contributed by atoms with Crippen LogP contribution >= 0.6 is 11.3 Å². The summed E-state index contributed by atoms with van der Waals surface area (Å²) < 4.78 is 31.5. The van der Waals surface area contributed by atoms with Crippen molar-refractivity contribution in [1.82, 2.24) is 10.3 Å². The van der Waals surface area contributed by atoms with Crippen molar-refractivity contribution < 1.29 is 22.8 Å². The van der Waals surface area contributed by atoms with Crippen LogP contribution in [-0.2, 0) is 16.1 Å². The lowest BCUT2D eigenvalue weighted by atomic mass is 10.3. The Morgan fingerprint density at radius 2 is 2.04 bits per heavy atom. The first kappa shape index (κ1) is 16.8. The zero-order valence-electron chi connectivity index (χ0n) is 12.6. The van der Waals surface area contributed by atoms with Crippen molar-refractivity contribution >= 4 is 28.8 Å². The Balaban J connectivity index is 1.56. The summed E-state index contributed by atoms with van der Waals surface area (Å²) in [6, 6.07) is 6.29. The Hall–Kier alpha value is -3.07. The number of benzene rings is 1. The highest BCUT2D eigenvalue weighted by Crippen LogP contribution is 2.23. The average molecular weight is 363 g/mol. The third-order valence-corrected chi connectivity index (χ3v) is 3.96. The van der Waals surface area contributed by atoms with Crippen LogP contribution in [0.4, 0.5) is 14.5 Å². The van der Waals surface area contributed by atoms with E-state index in [0.29, 0.717) is 17.7 Å². The lowest BCUT2D eigenvalue weighted by Crippen LogP contribution is -2.35. The number of hydrogen-bond acceptors (Lipinski definition) is 5. The number of rotatable bonds is 4. The summed E-state index contributed by atoms with van der Waals surface area (Å²) in [6.07, 6.45) is 1.37. The summed E-state index contributed by atoms with van der Waals surface area (Å²) in [5, 5.41) is 6.28. The Bertz CT molecular complexity index is 909. The maximum atomic E-state index is 13.5. The molecule has 0 aliphatic heterocycles. The molecule has 2 N–H and O–H groups in total. The largest absolute Gasteiger partial charge is 0.443 e. The summed E-state index contributed by atoms with van der Waals surface area (Å²) in [5.41, 5.74) is 0.139. The monoisotopic (exact) mass is 363 g/mol. The lowest BCUT2D eigenvalue weighted by molar-refractivity contribution is -0.136. The molecule has 2 amide bonds. The SMILES string of the molecule is O=C(NCc1coc(-c2cccs2)n1)C(=O)Nc1ccc(F)cc1F. The normalized spacial score (nSPS) is 10.5. The fraction of sp³-hybridized carbons (Fsp3) is 0.0625. The molecule has 0 saturated carbocycles. The van der Waals surface area contributed by atoms with Crippen LogP contribution < -0.4 is 10.6 Å². The first-order valence-corrected chi connectivity index (χ1v) is 7.93. The Kier molecular flexibility index (Phi) is 4.85. The van der Waals surface area contributed by atoms with Crippen molar-refractivity contribution in [3.05, 3.63) is 59.3 Å². The van der Waals surface area contributed by atoms with Crippen molar-refractivity contribution in [2.24, 2.45) is 0 Å². The summed E-state index contributed by atoms with van der Waals surface area (Å²) in [5.74, 6) is -3.40. The second kappa shape index (κ2) is 7.22. The van der Waals surface area contributed by atoms with Gasteiger partial charge >= 0.3 is 11.8 Å². The molecular formula is C16H11F2N3O3S. The molecule has 2 heterocycles. The molecule has 0 unspecified atom stereocenters. The van der Waals surface area contributed by atoms with Gasteiger partial charge in [0.15, 0.2) is 0 Å². The van der Waals surface area contributed by atoms with Gasteiger partial charge in [0, 0.05) is 6.07 Å². The smallest absolute Gasteiger partial charge is 0.313 e. The molecule has 0 saturated heterocycles. The topological polar surface area (TPSA) is 84.2 Å². The van der Waals surface area contributed by atoms with Gasteiger partial charge in [0.2, 0.25) is 5.89 Å². The number of halogens is 2. The fourth-order valence-corrected chi connectivity index (χ4v) is 2.58. The molecule has 6 nitrogen and oxygen atoms in total. The summed E-state index contributed by atoms with van der Waals surface area (Å²) in [7, 11) is 0. The lowest BCUT2D eigenvalue weighted by Gasteiger charge is -2.06. The summed E-state index contributed by atoms with van der Waals surface area (Å²) in [4.78, 5) is 28.5. The van der Waals surface area contributed by atoms with E-state index in [0.717, 1.165) is 17.0 Å². The number of aromatic nitrogens is 1. The highest BCUT2D eigenvalue weighted by molar-refractivity contribution is 7.13. The first-order valence-electron chi connectivity index (χ1n) is 7.05. The highest BCUT2D eigenvalue weighted by atomic mass is 32.1. The van der Waals surface area contributed by atoms with Gasteiger partial charge in [0.05, 0.1) is 22.8 Å². The van der Waals surface area contributed by atoms with Crippen LogP contribution in [0.5, 0.6) is 0 Å². The summed E-state index contributed by atoms with van der Waals surface area (Å²) >= 11 is 1.45. The molecule has 0 bridgehead atoms. The second-order valence-corrected chi connectivity index (χ2v) is 5.83. The number of oxazole rings is 1. The molecule has 0 atom stereocenters. The van der Waals surface area contributed by atoms with E-state index in [2.05, 4.69) is 15.6 Å². The van der Waals surface area contributed by atoms with Crippen LogP contribution in [0.2, 0.25) is 0 Å². The molecule has 25 heavy (non-hydrogen) atoms. The minimum absolute atomic E-state index is 0.0347. The van der Waals surface area contributed by atoms with Crippen LogP contribution in [0, 0.1) is 11.6 Å². The maximum Gasteiger partial charge on any atom is 0.313 e. The molecule has 3 rings (SSSR count). The minimum Gasteiger partial charge on any atom is -0.443 e. The molecular weight excluding hydrogens is 352 g/mol. The molecule has 0 aliphatic rings. The van der Waals surface area contributed by atoms with Gasteiger partial charge in [-0.1, -0.05) is 6.07 Å². The van der Waals surface area contributed by atoms with Gasteiger partial charge in [-0.25, -0.2) is 13.8 Å². The highest BCUT2D eigenvalue weighted by Gasteiger charge is 2.16. The van der Waals surface area contributed by atoms with Crippen molar-refractivity contribution in [3.63, 3.8) is 0 Å². The van der Waals surface area contributed by atoms with Crippen molar-refractivity contribution in [2.45, 2.75) is 6.54 Å². The molecule has 0 spiro atoms. The molecule has 1 aromatic carbocycles. The van der Waals surface area contributed by atoms with E-state index in [9.17, 15) is 18.4 Å². The molecule has 0 aliphatic carbocycles. The number of thiophene rings is 1. The number of carbonyl (C=O) groups excluding carboxylic acids is 2. The van der Waals surface area contributed by atoms with Gasteiger partial charge in [-0.2, -0.15) is 0 Å². The number of carbonyl (C=O) groups is 2. The predicted octanol–water partition coefficient (Wildman–Crippen LogP) is 2.94. The number of hydrogen-bond donors (Lipinski definition) is 2. The molecule has 9 heteroatoms. The van der Waals surface area contributed by atoms with Crippen LogP contribution in [-0.4, -0.2) is 16.8 Å². The van der Waals surface area contributed by atoms with Gasteiger partial charge in [0.1, 0.15) is 17.9 Å². The van der Waals surface area contributed by atoms with Crippen molar-refractivity contribution in [1.29, 1.82) is 0 Å². The zero-order valence-corrected chi connectivity index (χ0v) is 13.4. The Morgan fingerprint density at radius 1 is 1.20 bits per heavy atom. The number of amides is 2. The fourth-order valence-electron chi connectivity index (χ4n) is 1.92. The number of nitrogens with zero attached hydrogens (tertiary/aromatic N) is 1.